The largest absolute Gasteiger partial charge is 0.416 e. The van der Waals surface area contributed by atoms with Gasteiger partial charge in [-0.15, -0.1) is 0 Å². The van der Waals surface area contributed by atoms with Crippen molar-refractivity contribution in [1.29, 1.82) is 0 Å². The van der Waals surface area contributed by atoms with Gasteiger partial charge in [0.05, 0.1) is 17.0 Å². The summed E-state index contributed by atoms with van der Waals surface area (Å²) in [6.45, 7) is 3.66. The molecule has 0 saturated carbocycles. The van der Waals surface area contributed by atoms with Crippen molar-refractivity contribution < 1.29 is 17.6 Å². The molecule has 7 heteroatoms. The fraction of sp³-hybridized carbons (Fsp3) is 0.471. The Bertz CT molecular complexity index is 680. The molecule has 2 rings (SSSR count). The van der Waals surface area contributed by atoms with E-state index >= 15 is 0 Å². The van der Waals surface area contributed by atoms with E-state index in [1.165, 1.54) is 6.92 Å². The van der Waals surface area contributed by atoms with Crippen LogP contribution in [0.2, 0.25) is 0 Å². The van der Waals surface area contributed by atoms with Gasteiger partial charge in [-0.2, -0.15) is 18.3 Å². The Morgan fingerprint density at radius 2 is 2.17 bits per heavy atom. The van der Waals surface area contributed by atoms with Crippen LogP contribution in [0.15, 0.2) is 35.7 Å². The minimum atomic E-state index is -4.55. The van der Waals surface area contributed by atoms with Gasteiger partial charge < -0.3 is 5.73 Å². The number of fused-ring (bicyclic) bond motifs is 1. The first kappa shape index (κ1) is 18.4. The van der Waals surface area contributed by atoms with Gasteiger partial charge >= 0.3 is 6.18 Å². The van der Waals surface area contributed by atoms with Crippen LogP contribution in [0.3, 0.4) is 0 Å². The summed E-state index contributed by atoms with van der Waals surface area (Å²) in [4.78, 5) is 0. The molecule has 0 spiro atoms. The number of allylic oxidation sites excluding steroid dienone is 6. The number of nitrogens with zero attached hydrogens (tertiary/aromatic N) is 2. The molecular weight excluding hydrogens is 322 g/mol. The zero-order valence-electron chi connectivity index (χ0n) is 13.7. The lowest BCUT2D eigenvalue weighted by atomic mass is 10.0. The van der Waals surface area contributed by atoms with Gasteiger partial charge in [0.15, 0.2) is 0 Å². The summed E-state index contributed by atoms with van der Waals surface area (Å²) in [5.41, 5.74) is 5.84. The lowest BCUT2D eigenvalue weighted by Crippen LogP contribution is -2.21. The highest BCUT2D eigenvalue weighted by Gasteiger charge is 2.33. The van der Waals surface area contributed by atoms with Crippen molar-refractivity contribution in [2.75, 3.05) is 0 Å². The zero-order chi connectivity index (χ0) is 17.9. The Hall–Kier alpha value is -1.89. The Labute approximate surface area is 138 Å². The molecule has 0 amide bonds. The van der Waals surface area contributed by atoms with E-state index < -0.39 is 17.6 Å². The van der Waals surface area contributed by atoms with E-state index in [0.29, 0.717) is 6.54 Å². The van der Waals surface area contributed by atoms with Crippen molar-refractivity contribution >= 4 is 5.57 Å². The number of hydrogen-bond donors (Lipinski definition) is 1. The molecule has 2 heterocycles. The minimum absolute atomic E-state index is 0.171. The molecule has 1 atom stereocenters. The summed E-state index contributed by atoms with van der Waals surface area (Å²) >= 11 is 0. The second kappa shape index (κ2) is 7.34. The SMILES string of the molecule is C\C=C(F)/C(=C\C(=C\CC)C(F)(F)F)c1cc2n(n1)CCCC2N. The summed E-state index contributed by atoms with van der Waals surface area (Å²) in [6, 6.07) is 1.35. The maximum absolute atomic E-state index is 14.3. The molecule has 0 aliphatic carbocycles. The van der Waals surface area contributed by atoms with Crippen LogP contribution in [-0.2, 0) is 6.54 Å². The van der Waals surface area contributed by atoms with Crippen LogP contribution in [-0.4, -0.2) is 16.0 Å². The first-order valence-corrected chi connectivity index (χ1v) is 7.92. The quantitative estimate of drug-likeness (QED) is 0.628. The number of halogens is 4. The molecule has 0 bridgehead atoms. The standard InChI is InChI=1S/C17H21F4N3/c1-3-6-11(17(19,20)21)9-12(13(18)4-2)15-10-16-14(22)7-5-8-24(16)23-15/h4,6,9-10,14H,3,5,7-8,22H2,1-2H3/b11-6-,12-9+,13-4+. The van der Waals surface area contributed by atoms with Crippen LogP contribution < -0.4 is 5.73 Å². The van der Waals surface area contributed by atoms with Gasteiger partial charge in [-0.3, -0.25) is 4.68 Å². The molecule has 24 heavy (non-hydrogen) atoms. The Kier molecular flexibility index (Phi) is 5.64. The van der Waals surface area contributed by atoms with Crippen LogP contribution in [0.1, 0.15) is 50.5 Å². The van der Waals surface area contributed by atoms with Crippen molar-refractivity contribution in [1.82, 2.24) is 9.78 Å². The summed E-state index contributed by atoms with van der Waals surface area (Å²) in [5.74, 6) is -0.745. The van der Waals surface area contributed by atoms with Crippen LogP contribution in [0.4, 0.5) is 17.6 Å². The average Bonchev–Trinajstić information content (AvgIpc) is 2.94. The van der Waals surface area contributed by atoms with Gasteiger partial charge in [-0.05, 0) is 38.3 Å². The van der Waals surface area contributed by atoms with Gasteiger partial charge in [0.25, 0.3) is 0 Å². The van der Waals surface area contributed by atoms with E-state index in [2.05, 4.69) is 5.10 Å². The molecule has 1 aliphatic rings. The molecular formula is C17H21F4N3. The fourth-order valence-electron chi connectivity index (χ4n) is 2.70. The highest BCUT2D eigenvalue weighted by Crippen LogP contribution is 2.34. The lowest BCUT2D eigenvalue weighted by Gasteiger charge is -2.19. The molecule has 2 N–H and O–H groups in total. The maximum Gasteiger partial charge on any atom is 0.416 e. The van der Waals surface area contributed by atoms with Gasteiger partial charge in [0.2, 0.25) is 0 Å². The van der Waals surface area contributed by atoms with Crippen LogP contribution in [0.5, 0.6) is 0 Å². The Morgan fingerprint density at radius 1 is 1.46 bits per heavy atom. The molecule has 132 valence electrons. The number of aryl methyl sites for hydroxylation is 1. The minimum Gasteiger partial charge on any atom is -0.323 e. The normalized spacial score (nSPS) is 20.3. The van der Waals surface area contributed by atoms with Crippen molar-refractivity contribution in [2.45, 2.75) is 51.9 Å². The summed E-state index contributed by atoms with van der Waals surface area (Å²) in [6.07, 6.45) is 0.239. The molecule has 3 nitrogen and oxygen atoms in total. The van der Waals surface area contributed by atoms with Crippen molar-refractivity contribution in [3.8, 4) is 0 Å². The van der Waals surface area contributed by atoms with E-state index in [9.17, 15) is 17.6 Å². The highest BCUT2D eigenvalue weighted by molar-refractivity contribution is 5.77. The summed E-state index contributed by atoms with van der Waals surface area (Å²) in [7, 11) is 0. The molecule has 0 radical (unpaired) electrons. The van der Waals surface area contributed by atoms with Crippen molar-refractivity contribution in [3.63, 3.8) is 0 Å². The van der Waals surface area contributed by atoms with Crippen LogP contribution >= 0.6 is 0 Å². The second-order valence-corrected chi connectivity index (χ2v) is 5.69. The van der Waals surface area contributed by atoms with Gasteiger partial charge in [0, 0.05) is 18.2 Å². The van der Waals surface area contributed by atoms with Gasteiger partial charge in [-0.25, -0.2) is 4.39 Å². The number of nitrogens with two attached hydrogens (primary N) is 1. The van der Waals surface area contributed by atoms with Gasteiger partial charge in [0.1, 0.15) is 5.83 Å². The number of alkyl halides is 3. The first-order chi connectivity index (χ1) is 11.3. The fourth-order valence-corrected chi connectivity index (χ4v) is 2.70. The lowest BCUT2D eigenvalue weighted by molar-refractivity contribution is -0.0883. The van der Waals surface area contributed by atoms with E-state index in [1.807, 2.05) is 0 Å². The number of rotatable bonds is 4. The third-order valence-corrected chi connectivity index (χ3v) is 3.91. The molecule has 0 aromatic carbocycles. The summed E-state index contributed by atoms with van der Waals surface area (Å²) in [5, 5.41) is 4.26. The second-order valence-electron chi connectivity index (χ2n) is 5.69. The summed E-state index contributed by atoms with van der Waals surface area (Å²) < 4.78 is 55.3. The molecule has 0 fully saturated rings. The smallest absolute Gasteiger partial charge is 0.323 e. The van der Waals surface area contributed by atoms with E-state index in [4.69, 9.17) is 5.73 Å². The molecule has 0 saturated heterocycles. The third kappa shape index (κ3) is 3.95. The topological polar surface area (TPSA) is 43.8 Å². The molecule has 1 unspecified atom stereocenters. The highest BCUT2D eigenvalue weighted by atomic mass is 19.4. The van der Waals surface area contributed by atoms with Crippen LogP contribution in [0, 0.1) is 0 Å². The van der Waals surface area contributed by atoms with Crippen molar-refractivity contribution in [3.05, 3.63) is 47.1 Å². The predicted molar refractivity (Wildman–Crippen MR) is 85.7 cm³/mol. The zero-order valence-corrected chi connectivity index (χ0v) is 13.7. The van der Waals surface area contributed by atoms with E-state index in [1.54, 1.807) is 17.7 Å². The number of aromatic nitrogens is 2. The average molecular weight is 343 g/mol. The van der Waals surface area contributed by atoms with Gasteiger partial charge in [-0.1, -0.05) is 19.1 Å². The molecule has 1 aromatic heterocycles. The molecule has 1 aliphatic heterocycles. The van der Waals surface area contributed by atoms with Crippen molar-refractivity contribution in [2.24, 2.45) is 5.73 Å². The first-order valence-electron chi connectivity index (χ1n) is 7.92. The third-order valence-electron chi connectivity index (χ3n) is 3.91. The molecule has 1 aromatic rings. The Balaban J connectivity index is 2.54. The maximum atomic E-state index is 14.3. The monoisotopic (exact) mass is 343 g/mol. The van der Waals surface area contributed by atoms with E-state index in [-0.39, 0.29) is 23.7 Å². The Morgan fingerprint density at radius 3 is 2.71 bits per heavy atom. The van der Waals surface area contributed by atoms with E-state index in [0.717, 1.165) is 36.8 Å². The number of hydrogen-bond acceptors (Lipinski definition) is 2. The van der Waals surface area contributed by atoms with Crippen LogP contribution in [0.25, 0.3) is 5.57 Å². The predicted octanol–water partition coefficient (Wildman–Crippen LogP) is 4.83.